The highest BCUT2D eigenvalue weighted by Gasteiger charge is 2.11. The Bertz CT molecular complexity index is 838. The van der Waals surface area contributed by atoms with Crippen molar-refractivity contribution in [3.05, 3.63) is 51.1 Å². The molecule has 0 bridgehead atoms. The van der Waals surface area contributed by atoms with Gasteiger partial charge in [0.05, 0.1) is 10.4 Å². The topological polar surface area (TPSA) is 43.1 Å². The maximum atomic E-state index is 12.5. The normalized spacial score (nSPS) is 11.2. The van der Waals surface area contributed by atoms with E-state index in [4.69, 9.17) is 17.3 Å². The molecule has 3 rings (SSSR count). The highest BCUT2D eigenvalue weighted by atomic mass is 35.5. The van der Waals surface area contributed by atoms with Crippen LogP contribution in [0.5, 0.6) is 0 Å². The Balaban J connectivity index is 2.65. The highest BCUT2D eigenvalue weighted by Crippen LogP contribution is 2.31. The van der Waals surface area contributed by atoms with E-state index in [-0.39, 0.29) is 5.43 Å². The summed E-state index contributed by atoms with van der Waals surface area (Å²) in [7, 11) is 0. The molecule has 0 fully saturated rings. The molecule has 4 heteroatoms. The van der Waals surface area contributed by atoms with Gasteiger partial charge in [-0.2, -0.15) is 0 Å². The summed E-state index contributed by atoms with van der Waals surface area (Å²) in [4.78, 5) is 12.5. The second-order valence-electron chi connectivity index (χ2n) is 4.26. The van der Waals surface area contributed by atoms with Crippen LogP contribution in [-0.4, -0.2) is 0 Å². The summed E-state index contributed by atoms with van der Waals surface area (Å²) in [5.74, 6) is 0. The van der Waals surface area contributed by atoms with Crippen molar-refractivity contribution in [1.82, 2.24) is 0 Å². The molecule has 0 amide bonds. The number of benzene rings is 2. The number of fused-ring (bicyclic) bond motifs is 2. The van der Waals surface area contributed by atoms with E-state index in [1.807, 2.05) is 19.1 Å². The molecule has 0 atom stereocenters. The molecule has 2 aromatic carbocycles. The first kappa shape index (κ1) is 11.5. The van der Waals surface area contributed by atoms with Crippen LogP contribution in [0.25, 0.3) is 20.2 Å². The Hall–Kier alpha value is -1.58. The molecule has 0 unspecified atom stereocenters. The first-order valence-electron chi connectivity index (χ1n) is 5.49. The largest absolute Gasteiger partial charge is 0.399 e. The Morgan fingerprint density at radius 2 is 2.00 bits per heavy atom. The van der Waals surface area contributed by atoms with E-state index in [1.165, 1.54) is 0 Å². The fourth-order valence-electron chi connectivity index (χ4n) is 2.06. The lowest BCUT2D eigenvalue weighted by molar-refractivity contribution is 1.55. The van der Waals surface area contributed by atoms with Crippen LogP contribution >= 0.6 is 22.9 Å². The minimum atomic E-state index is -0.0209. The summed E-state index contributed by atoms with van der Waals surface area (Å²) in [6, 6.07) is 9.05. The predicted octanol–water partition coefficient (Wildman–Crippen LogP) is 3.96. The third-order valence-corrected chi connectivity index (χ3v) is 4.60. The van der Waals surface area contributed by atoms with E-state index in [0.29, 0.717) is 21.5 Å². The van der Waals surface area contributed by atoms with Gasteiger partial charge in [-0.3, -0.25) is 4.79 Å². The molecule has 2 N–H and O–H groups in total. The van der Waals surface area contributed by atoms with Crippen molar-refractivity contribution in [2.45, 2.75) is 6.92 Å². The number of rotatable bonds is 0. The molecule has 2 nitrogen and oxygen atoms in total. The first-order chi connectivity index (χ1) is 8.58. The molecule has 0 aliphatic rings. The highest BCUT2D eigenvalue weighted by molar-refractivity contribution is 7.24. The number of nitrogens with two attached hydrogens (primary N) is 1. The molecule has 0 saturated heterocycles. The van der Waals surface area contributed by atoms with E-state index < -0.39 is 0 Å². The van der Waals surface area contributed by atoms with Crippen molar-refractivity contribution >= 4 is 48.8 Å². The average molecular weight is 276 g/mol. The van der Waals surface area contributed by atoms with Crippen LogP contribution in [0.3, 0.4) is 0 Å². The second kappa shape index (κ2) is 3.97. The van der Waals surface area contributed by atoms with Gasteiger partial charge in [0.2, 0.25) is 0 Å². The maximum absolute atomic E-state index is 12.5. The van der Waals surface area contributed by atoms with Gasteiger partial charge >= 0.3 is 0 Å². The van der Waals surface area contributed by atoms with Crippen molar-refractivity contribution < 1.29 is 0 Å². The van der Waals surface area contributed by atoms with Crippen molar-refractivity contribution in [2.75, 3.05) is 5.73 Å². The third kappa shape index (κ3) is 1.59. The summed E-state index contributed by atoms with van der Waals surface area (Å²) in [5.41, 5.74) is 7.46. The van der Waals surface area contributed by atoms with Crippen molar-refractivity contribution in [3.63, 3.8) is 0 Å². The molecule has 90 valence electrons. The summed E-state index contributed by atoms with van der Waals surface area (Å²) in [6.07, 6.45) is 0. The molecule has 0 saturated carbocycles. The molecular formula is C14H10ClNOS. The summed E-state index contributed by atoms with van der Waals surface area (Å²) < 4.78 is 1.84. The van der Waals surface area contributed by atoms with Crippen LogP contribution in [0.1, 0.15) is 5.56 Å². The van der Waals surface area contributed by atoms with E-state index >= 15 is 0 Å². The van der Waals surface area contributed by atoms with Crippen LogP contribution in [-0.2, 0) is 0 Å². The zero-order valence-corrected chi connectivity index (χ0v) is 11.2. The molecule has 18 heavy (non-hydrogen) atoms. The zero-order chi connectivity index (χ0) is 12.9. The first-order valence-corrected chi connectivity index (χ1v) is 6.68. The van der Waals surface area contributed by atoms with Crippen LogP contribution in [0.4, 0.5) is 5.69 Å². The van der Waals surface area contributed by atoms with Crippen LogP contribution in [0, 0.1) is 6.92 Å². The van der Waals surface area contributed by atoms with Gasteiger partial charge in [-0.05, 0) is 36.8 Å². The minimum absolute atomic E-state index is 0.0209. The lowest BCUT2D eigenvalue weighted by atomic mass is 10.1. The standard InChI is InChI=1S/C14H10ClNOS/c1-7-2-5-10(15)12-13(17)9-4-3-8(16)6-11(9)18-14(7)12/h2-6H,16H2,1H3. The number of anilines is 1. The van der Waals surface area contributed by atoms with Gasteiger partial charge in [-0.15, -0.1) is 11.3 Å². The SMILES string of the molecule is Cc1ccc(Cl)c2c(=O)c3ccc(N)cc3sc12. The molecule has 0 aliphatic carbocycles. The van der Waals surface area contributed by atoms with Crippen molar-refractivity contribution in [2.24, 2.45) is 0 Å². The Morgan fingerprint density at radius 1 is 1.22 bits per heavy atom. The van der Waals surface area contributed by atoms with Crippen molar-refractivity contribution in [3.8, 4) is 0 Å². The molecule has 0 spiro atoms. The van der Waals surface area contributed by atoms with Gasteiger partial charge in [-0.25, -0.2) is 0 Å². The van der Waals surface area contributed by atoms with Crippen LogP contribution in [0.2, 0.25) is 5.02 Å². The Labute approximate surface area is 113 Å². The van der Waals surface area contributed by atoms with Gasteiger partial charge in [0.15, 0.2) is 5.43 Å². The van der Waals surface area contributed by atoms with Crippen LogP contribution < -0.4 is 11.2 Å². The van der Waals surface area contributed by atoms with Gasteiger partial charge in [0, 0.05) is 20.5 Å². The van der Waals surface area contributed by atoms with E-state index in [2.05, 4.69) is 0 Å². The number of halogens is 1. The van der Waals surface area contributed by atoms with Gasteiger partial charge in [0.25, 0.3) is 0 Å². The fourth-order valence-corrected chi connectivity index (χ4v) is 3.58. The molecule has 1 heterocycles. The third-order valence-electron chi connectivity index (χ3n) is 2.99. The second-order valence-corrected chi connectivity index (χ2v) is 5.71. The number of aryl methyl sites for hydroxylation is 1. The predicted molar refractivity (Wildman–Crippen MR) is 79.8 cm³/mol. The smallest absolute Gasteiger partial charge is 0.197 e. The monoisotopic (exact) mass is 275 g/mol. The van der Waals surface area contributed by atoms with E-state index in [0.717, 1.165) is 15.0 Å². The quantitative estimate of drug-likeness (QED) is 0.498. The van der Waals surface area contributed by atoms with E-state index in [1.54, 1.807) is 29.5 Å². The lowest BCUT2D eigenvalue weighted by Crippen LogP contribution is -2.02. The molecule has 1 aromatic heterocycles. The number of hydrogen-bond donors (Lipinski definition) is 1. The molecule has 0 aliphatic heterocycles. The number of hydrogen-bond acceptors (Lipinski definition) is 3. The van der Waals surface area contributed by atoms with Gasteiger partial charge < -0.3 is 5.73 Å². The molecule has 0 radical (unpaired) electrons. The summed E-state index contributed by atoms with van der Waals surface area (Å²) in [5, 5.41) is 1.80. The van der Waals surface area contributed by atoms with Gasteiger partial charge in [-0.1, -0.05) is 17.7 Å². The Kier molecular flexibility index (Phi) is 2.54. The molecular weight excluding hydrogens is 266 g/mol. The van der Waals surface area contributed by atoms with Gasteiger partial charge in [0.1, 0.15) is 0 Å². The molecule has 3 aromatic rings. The Morgan fingerprint density at radius 3 is 2.78 bits per heavy atom. The summed E-state index contributed by atoms with van der Waals surface area (Å²) >= 11 is 7.70. The fraction of sp³-hybridized carbons (Fsp3) is 0.0714. The lowest BCUT2D eigenvalue weighted by Gasteiger charge is -2.05. The zero-order valence-electron chi connectivity index (χ0n) is 9.66. The maximum Gasteiger partial charge on any atom is 0.197 e. The summed E-state index contributed by atoms with van der Waals surface area (Å²) in [6.45, 7) is 1.98. The minimum Gasteiger partial charge on any atom is -0.399 e. The van der Waals surface area contributed by atoms with Crippen molar-refractivity contribution in [1.29, 1.82) is 0 Å². The number of nitrogen functional groups attached to an aromatic ring is 1. The van der Waals surface area contributed by atoms with Crippen LogP contribution in [0.15, 0.2) is 35.1 Å². The average Bonchev–Trinajstić information content (AvgIpc) is 2.33. The van der Waals surface area contributed by atoms with E-state index in [9.17, 15) is 4.79 Å².